The Kier molecular flexibility index (Phi) is 5.42. The highest BCUT2D eigenvalue weighted by molar-refractivity contribution is 6.30. The third kappa shape index (κ3) is 3.54. The van der Waals surface area contributed by atoms with E-state index in [4.69, 9.17) is 16.0 Å². The molecule has 1 N–H and O–H groups in total. The van der Waals surface area contributed by atoms with Gasteiger partial charge in [-0.2, -0.15) is 8.78 Å². The molecule has 0 aliphatic carbocycles. The summed E-state index contributed by atoms with van der Waals surface area (Å²) in [7, 11) is 0. The molecule has 31 heavy (non-hydrogen) atoms. The Hall–Kier alpha value is -3.02. The van der Waals surface area contributed by atoms with Crippen LogP contribution in [0.2, 0.25) is 5.02 Å². The molecule has 3 nitrogen and oxygen atoms in total. The molecule has 3 aromatic carbocycles. The Morgan fingerprint density at radius 2 is 1.81 bits per heavy atom. The molecule has 0 radical (unpaired) electrons. The van der Waals surface area contributed by atoms with Crippen LogP contribution in [0, 0.1) is 0 Å². The minimum absolute atomic E-state index is 0.149. The van der Waals surface area contributed by atoms with Gasteiger partial charge in [0, 0.05) is 33.3 Å². The van der Waals surface area contributed by atoms with E-state index in [-0.39, 0.29) is 17.4 Å². The number of benzene rings is 3. The first kappa shape index (κ1) is 21.2. The summed E-state index contributed by atoms with van der Waals surface area (Å²) in [6.45, 7) is 5.55. The molecule has 0 saturated carbocycles. The van der Waals surface area contributed by atoms with Crippen molar-refractivity contribution in [1.29, 1.82) is 0 Å². The predicted octanol–water partition coefficient (Wildman–Crippen LogP) is 6.73. The summed E-state index contributed by atoms with van der Waals surface area (Å²) in [5, 5.41) is 11.3. The fourth-order valence-electron chi connectivity index (χ4n) is 3.69. The quantitative estimate of drug-likeness (QED) is 0.361. The summed E-state index contributed by atoms with van der Waals surface area (Å²) >= 11 is 5.97. The Morgan fingerprint density at radius 3 is 2.48 bits per heavy atom. The number of para-hydroxylation sites is 1. The molecule has 1 heterocycles. The lowest BCUT2D eigenvalue weighted by molar-refractivity contribution is -0.153. The Balaban J connectivity index is 1.99. The molecule has 1 unspecified atom stereocenters. The van der Waals surface area contributed by atoms with Crippen LogP contribution in [-0.4, -0.2) is 17.0 Å². The van der Waals surface area contributed by atoms with Crippen LogP contribution in [0.3, 0.4) is 0 Å². The summed E-state index contributed by atoms with van der Waals surface area (Å²) in [6, 6.07) is 16.5. The average molecular weight is 441 g/mol. The van der Waals surface area contributed by atoms with Crippen LogP contribution in [0.1, 0.15) is 30.0 Å². The third-order valence-corrected chi connectivity index (χ3v) is 5.65. The van der Waals surface area contributed by atoms with Crippen LogP contribution >= 0.6 is 11.6 Å². The highest BCUT2D eigenvalue weighted by atomic mass is 35.5. The van der Waals surface area contributed by atoms with Crippen LogP contribution < -0.4 is 0 Å². The number of furan rings is 1. The zero-order valence-electron chi connectivity index (χ0n) is 16.7. The van der Waals surface area contributed by atoms with E-state index in [1.165, 1.54) is 19.1 Å². The predicted molar refractivity (Wildman–Crippen MR) is 119 cm³/mol. The summed E-state index contributed by atoms with van der Waals surface area (Å²) in [5.41, 5.74) is 2.03. The van der Waals surface area contributed by atoms with Crippen molar-refractivity contribution in [3.8, 4) is 0 Å². The number of ketones is 1. The first-order valence-corrected chi connectivity index (χ1v) is 10.1. The SMILES string of the molecule is C=C(c1ccc(Cl)cc1)c1ccc(C(F)(F)C(O)C(=O)CC)c2c1oc1ccccc12. The topological polar surface area (TPSA) is 50.4 Å². The second-order valence-electron chi connectivity index (χ2n) is 7.29. The smallest absolute Gasteiger partial charge is 0.306 e. The second-order valence-corrected chi connectivity index (χ2v) is 7.73. The second kappa shape index (κ2) is 7.91. The van der Waals surface area contributed by atoms with E-state index >= 15 is 8.78 Å². The van der Waals surface area contributed by atoms with Gasteiger partial charge in [0.2, 0.25) is 0 Å². The molecule has 4 rings (SSSR count). The molecule has 0 fully saturated rings. The third-order valence-electron chi connectivity index (χ3n) is 5.40. The average Bonchev–Trinajstić information content (AvgIpc) is 3.17. The Labute approximate surface area is 182 Å². The zero-order chi connectivity index (χ0) is 22.3. The first-order valence-electron chi connectivity index (χ1n) is 9.74. The van der Waals surface area contributed by atoms with Crippen molar-refractivity contribution in [3.63, 3.8) is 0 Å². The first-order chi connectivity index (χ1) is 14.8. The molecular weight excluding hydrogens is 422 g/mol. The monoisotopic (exact) mass is 440 g/mol. The van der Waals surface area contributed by atoms with Gasteiger partial charge in [0.05, 0.1) is 0 Å². The minimum atomic E-state index is -3.79. The summed E-state index contributed by atoms with van der Waals surface area (Å²) < 4.78 is 36.5. The van der Waals surface area contributed by atoms with E-state index < -0.39 is 23.4 Å². The number of aliphatic hydroxyl groups is 1. The molecule has 1 atom stereocenters. The van der Waals surface area contributed by atoms with Gasteiger partial charge in [-0.3, -0.25) is 4.79 Å². The van der Waals surface area contributed by atoms with Gasteiger partial charge in [0.15, 0.2) is 11.9 Å². The number of Topliss-reactive ketones (excluding diaryl/α,β-unsaturated/α-hetero) is 1. The molecule has 158 valence electrons. The van der Waals surface area contributed by atoms with Crippen LogP contribution in [0.4, 0.5) is 8.78 Å². The number of fused-ring (bicyclic) bond motifs is 3. The minimum Gasteiger partial charge on any atom is -0.455 e. The normalized spacial score (nSPS) is 12.9. The van der Waals surface area contributed by atoms with Crippen molar-refractivity contribution in [3.05, 3.63) is 89.0 Å². The number of hydrogen-bond donors (Lipinski definition) is 1. The number of hydrogen-bond acceptors (Lipinski definition) is 3. The Morgan fingerprint density at radius 1 is 1.13 bits per heavy atom. The lowest BCUT2D eigenvalue weighted by atomic mass is 9.90. The number of alkyl halides is 2. The van der Waals surface area contributed by atoms with Crippen LogP contribution in [0.25, 0.3) is 27.5 Å². The summed E-state index contributed by atoms with van der Waals surface area (Å²) in [4.78, 5) is 11.9. The van der Waals surface area contributed by atoms with Gasteiger partial charge in [0.1, 0.15) is 11.2 Å². The highest BCUT2D eigenvalue weighted by Crippen LogP contribution is 2.44. The van der Waals surface area contributed by atoms with Crippen LogP contribution in [0.15, 0.2) is 71.7 Å². The molecule has 4 aromatic rings. The molecule has 0 aliphatic heterocycles. The van der Waals surface area contributed by atoms with Crippen molar-refractivity contribution in [1.82, 2.24) is 0 Å². The van der Waals surface area contributed by atoms with E-state index in [1.54, 1.807) is 48.5 Å². The molecule has 0 amide bonds. The van der Waals surface area contributed by atoms with E-state index in [1.807, 2.05) is 0 Å². The Bertz CT molecular complexity index is 1310. The van der Waals surface area contributed by atoms with E-state index in [0.29, 0.717) is 27.1 Å². The number of carbonyl (C=O) groups is 1. The molecule has 0 spiro atoms. The number of rotatable bonds is 6. The van der Waals surface area contributed by atoms with Gasteiger partial charge in [0.25, 0.3) is 0 Å². The molecule has 1 aromatic heterocycles. The van der Waals surface area contributed by atoms with Crippen LogP contribution in [0.5, 0.6) is 0 Å². The van der Waals surface area contributed by atoms with Gasteiger partial charge in [-0.1, -0.05) is 67.6 Å². The summed E-state index contributed by atoms with van der Waals surface area (Å²) in [5.74, 6) is -4.72. The molecular formula is C25H19ClF2O3. The van der Waals surface area contributed by atoms with Crippen molar-refractivity contribution in [2.24, 2.45) is 0 Å². The van der Waals surface area contributed by atoms with Gasteiger partial charge >= 0.3 is 5.92 Å². The lowest BCUT2D eigenvalue weighted by Crippen LogP contribution is -2.37. The van der Waals surface area contributed by atoms with Crippen molar-refractivity contribution < 1.29 is 23.1 Å². The number of halogens is 3. The van der Waals surface area contributed by atoms with E-state index in [2.05, 4.69) is 6.58 Å². The van der Waals surface area contributed by atoms with Crippen molar-refractivity contribution in [2.75, 3.05) is 0 Å². The van der Waals surface area contributed by atoms with Gasteiger partial charge in [-0.25, -0.2) is 0 Å². The van der Waals surface area contributed by atoms with E-state index in [0.717, 1.165) is 5.56 Å². The van der Waals surface area contributed by atoms with Gasteiger partial charge < -0.3 is 9.52 Å². The zero-order valence-corrected chi connectivity index (χ0v) is 17.4. The fourth-order valence-corrected chi connectivity index (χ4v) is 3.82. The maximum absolute atomic E-state index is 15.3. The van der Waals surface area contributed by atoms with Crippen molar-refractivity contribution in [2.45, 2.75) is 25.4 Å². The number of aliphatic hydroxyl groups excluding tert-OH is 1. The van der Waals surface area contributed by atoms with Gasteiger partial charge in [-0.15, -0.1) is 0 Å². The summed E-state index contributed by atoms with van der Waals surface area (Å²) in [6.07, 6.45) is -2.64. The fraction of sp³-hybridized carbons (Fsp3) is 0.160. The molecule has 6 heteroatoms. The lowest BCUT2D eigenvalue weighted by Gasteiger charge is -2.23. The van der Waals surface area contributed by atoms with Gasteiger partial charge in [-0.05, 0) is 29.3 Å². The maximum Gasteiger partial charge on any atom is 0.306 e. The number of carbonyl (C=O) groups excluding carboxylic acids is 1. The van der Waals surface area contributed by atoms with Crippen LogP contribution in [-0.2, 0) is 10.7 Å². The molecule has 0 saturated heterocycles. The largest absolute Gasteiger partial charge is 0.455 e. The molecule has 0 bridgehead atoms. The van der Waals surface area contributed by atoms with E-state index in [9.17, 15) is 9.90 Å². The van der Waals surface area contributed by atoms with Crippen molar-refractivity contribution >= 4 is 44.9 Å². The maximum atomic E-state index is 15.3. The highest BCUT2D eigenvalue weighted by Gasteiger charge is 2.46. The standard InChI is InChI=1S/C25H19ClF2O3/c1-3-20(29)24(30)25(27,28)19-13-12-17(14(2)15-8-10-16(26)11-9-15)23-22(19)18-6-4-5-7-21(18)31-23/h4-13,24,30H,2-3H2,1H3. The molecule has 0 aliphatic rings.